The van der Waals surface area contributed by atoms with E-state index >= 15 is 0 Å². The second-order valence-electron chi connectivity index (χ2n) is 5.06. The Morgan fingerprint density at radius 3 is 2.77 bits per heavy atom. The SMILES string of the molecule is Cc1csc(=O)n1CCN(C)CC(=O)Nc1ccccc1Cl. The molecule has 1 amide bonds. The number of likely N-dealkylation sites (N-methyl/N-ethyl adjacent to an activating group) is 1. The number of aryl methyl sites for hydroxylation is 1. The van der Waals surface area contributed by atoms with Gasteiger partial charge in [-0.05, 0) is 26.1 Å². The first-order valence-corrected chi connectivity index (χ1v) is 8.11. The Kier molecular flexibility index (Phi) is 5.76. The van der Waals surface area contributed by atoms with Crippen LogP contribution in [0, 0.1) is 6.92 Å². The fraction of sp³-hybridized carbons (Fsp3) is 0.333. The van der Waals surface area contributed by atoms with Crippen LogP contribution in [0.5, 0.6) is 0 Å². The molecule has 0 aliphatic rings. The van der Waals surface area contributed by atoms with Crippen LogP contribution in [0.15, 0.2) is 34.4 Å². The van der Waals surface area contributed by atoms with E-state index in [9.17, 15) is 9.59 Å². The molecule has 0 atom stereocenters. The third-order valence-corrected chi connectivity index (χ3v) is 4.45. The minimum atomic E-state index is -0.134. The minimum absolute atomic E-state index is 0.0337. The summed E-state index contributed by atoms with van der Waals surface area (Å²) in [6, 6.07) is 7.11. The van der Waals surface area contributed by atoms with E-state index in [0.717, 1.165) is 5.69 Å². The number of carbonyl (C=O) groups is 1. The first kappa shape index (κ1) is 16.7. The highest BCUT2D eigenvalue weighted by Gasteiger charge is 2.10. The number of hydrogen-bond donors (Lipinski definition) is 1. The van der Waals surface area contributed by atoms with Gasteiger partial charge in [0.05, 0.1) is 17.3 Å². The highest BCUT2D eigenvalue weighted by molar-refractivity contribution is 7.07. The van der Waals surface area contributed by atoms with E-state index in [1.807, 2.05) is 36.4 Å². The topological polar surface area (TPSA) is 54.3 Å². The summed E-state index contributed by atoms with van der Waals surface area (Å²) in [5, 5.41) is 5.13. The molecule has 0 bridgehead atoms. The van der Waals surface area contributed by atoms with Crippen LogP contribution in [0.2, 0.25) is 5.02 Å². The zero-order valence-electron chi connectivity index (χ0n) is 12.5. The van der Waals surface area contributed by atoms with Crippen LogP contribution in [-0.2, 0) is 11.3 Å². The zero-order valence-corrected chi connectivity index (χ0v) is 14.1. The highest BCUT2D eigenvalue weighted by atomic mass is 35.5. The lowest BCUT2D eigenvalue weighted by Gasteiger charge is -2.17. The Morgan fingerprint density at radius 2 is 2.14 bits per heavy atom. The van der Waals surface area contributed by atoms with Gasteiger partial charge in [0.25, 0.3) is 0 Å². The van der Waals surface area contributed by atoms with Crippen LogP contribution >= 0.6 is 22.9 Å². The molecule has 0 radical (unpaired) electrons. The zero-order chi connectivity index (χ0) is 16.1. The fourth-order valence-electron chi connectivity index (χ4n) is 2.02. The van der Waals surface area contributed by atoms with Gasteiger partial charge in [-0.1, -0.05) is 35.1 Å². The highest BCUT2D eigenvalue weighted by Crippen LogP contribution is 2.20. The molecule has 7 heteroatoms. The van der Waals surface area contributed by atoms with E-state index < -0.39 is 0 Å². The first-order chi connectivity index (χ1) is 10.5. The van der Waals surface area contributed by atoms with Gasteiger partial charge < -0.3 is 9.88 Å². The van der Waals surface area contributed by atoms with Crippen molar-refractivity contribution in [3.8, 4) is 0 Å². The number of amides is 1. The van der Waals surface area contributed by atoms with Crippen LogP contribution < -0.4 is 10.2 Å². The lowest BCUT2D eigenvalue weighted by molar-refractivity contribution is -0.117. The number of anilines is 1. The first-order valence-electron chi connectivity index (χ1n) is 6.85. The standard InChI is InChI=1S/C15H18ClN3O2S/c1-11-10-22-15(21)19(11)8-7-18(2)9-14(20)17-13-6-4-3-5-12(13)16/h3-6,10H,7-9H2,1-2H3,(H,17,20). The van der Waals surface area contributed by atoms with E-state index in [1.165, 1.54) is 11.3 Å². The van der Waals surface area contributed by atoms with Gasteiger partial charge in [-0.15, -0.1) is 0 Å². The van der Waals surface area contributed by atoms with E-state index in [0.29, 0.717) is 23.8 Å². The minimum Gasteiger partial charge on any atom is -0.324 e. The molecule has 0 fully saturated rings. The molecule has 0 aliphatic carbocycles. The number of benzene rings is 1. The Bertz CT molecular complexity index is 711. The van der Waals surface area contributed by atoms with Crippen molar-refractivity contribution >= 4 is 34.5 Å². The third kappa shape index (κ3) is 4.43. The average Bonchev–Trinajstić information content (AvgIpc) is 2.78. The number of hydrogen-bond acceptors (Lipinski definition) is 4. The van der Waals surface area contributed by atoms with Gasteiger partial charge in [-0.2, -0.15) is 0 Å². The van der Waals surface area contributed by atoms with Gasteiger partial charge in [0, 0.05) is 24.2 Å². The van der Waals surface area contributed by atoms with Gasteiger partial charge in [0.2, 0.25) is 5.91 Å². The molecule has 0 spiro atoms. The van der Waals surface area contributed by atoms with E-state index in [-0.39, 0.29) is 17.3 Å². The quantitative estimate of drug-likeness (QED) is 0.879. The second-order valence-corrected chi connectivity index (χ2v) is 6.29. The molecule has 0 unspecified atom stereocenters. The van der Waals surface area contributed by atoms with Gasteiger partial charge in [-0.25, -0.2) is 0 Å². The number of nitrogens with zero attached hydrogens (tertiary/aromatic N) is 2. The summed E-state index contributed by atoms with van der Waals surface area (Å²) in [5.41, 5.74) is 1.55. The van der Waals surface area contributed by atoms with Crippen molar-refractivity contribution in [3.63, 3.8) is 0 Å². The second kappa shape index (κ2) is 7.58. The Hall–Kier alpha value is -1.63. The maximum atomic E-state index is 12.0. The van der Waals surface area contributed by atoms with Crippen molar-refractivity contribution in [2.45, 2.75) is 13.5 Å². The number of carbonyl (C=O) groups excluding carboxylic acids is 1. The molecule has 2 aromatic rings. The van der Waals surface area contributed by atoms with Crippen molar-refractivity contribution in [1.29, 1.82) is 0 Å². The lowest BCUT2D eigenvalue weighted by atomic mass is 10.3. The number of rotatable bonds is 6. The van der Waals surface area contributed by atoms with Crippen molar-refractivity contribution in [2.24, 2.45) is 0 Å². The number of aromatic nitrogens is 1. The van der Waals surface area contributed by atoms with Gasteiger partial charge in [-0.3, -0.25) is 14.5 Å². The molecular formula is C15H18ClN3O2S. The predicted molar refractivity (Wildman–Crippen MR) is 90.9 cm³/mol. The summed E-state index contributed by atoms with van der Waals surface area (Å²) in [6.45, 7) is 3.34. The molecule has 118 valence electrons. The molecule has 2 rings (SSSR count). The van der Waals surface area contributed by atoms with Crippen LogP contribution in [0.25, 0.3) is 0 Å². The molecule has 5 nitrogen and oxygen atoms in total. The smallest absolute Gasteiger partial charge is 0.307 e. The van der Waals surface area contributed by atoms with Crippen molar-refractivity contribution in [3.05, 3.63) is 50.0 Å². The summed E-state index contributed by atoms with van der Waals surface area (Å²) >= 11 is 7.20. The normalized spacial score (nSPS) is 10.9. The van der Waals surface area contributed by atoms with Crippen LogP contribution in [0.3, 0.4) is 0 Å². The third-order valence-electron chi connectivity index (χ3n) is 3.24. The number of halogens is 1. The van der Waals surface area contributed by atoms with Crippen molar-refractivity contribution in [2.75, 3.05) is 25.5 Å². The molecule has 0 saturated heterocycles. The van der Waals surface area contributed by atoms with E-state index in [2.05, 4.69) is 5.32 Å². The largest absolute Gasteiger partial charge is 0.324 e. The monoisotopic (exact) mass is 339 g/mol. The van der Waals surface area contributed by atoms with Crippen molar-refractivity contribution in [1.82, 2.24) is 9.47 Å². The van der Waals surface area contributed by atoms with Gasteiger partial charge in [0.1, 0.15) is 0 Å². The van der Waals surface area contributed by atoms with E-state index in [1.54, 1.807) is 16.7 Å². The summed E-state index contributed by atoms with van der Waals surface area (Å²) in [5.74, 6) is -0.134. The van der Waals surface area contributed by atoms with Gasteiger partial charge in [0.15, 0.2) is 0 Å². The summed E-state index contributed by atoms with van der Waals surface area (Å²) in [4.78, 5) is 25.5. The molecule has 1 aromatic heterocycles. The molecule has 1 aromatic carbocycles. The molecular weight excluding hydrogens is 322 g/mol. The average molecular weight is 340 g/mol. The Labute approximate surface area is 138 Å². The summed E-state index contributed by atoms with van der Waals surface area (Å²) < 4.78 is 1.72. The lowest BCUT2D eigenvalue weighted by Crippen LogP contribution is -2.33. The maximum absolute atomic E-state index is 12.0. The Morgan fingerprint density at radius 1 is 1.41 bits per heavy atom. The van der Waals surface area contributed by atoms with Crippen LogP contribution in [0.4, 0.5) is 5.69 Å². The van der Waals surface area contributed by atoms with Crippen molar-refractivity contribution < 1.29 is 4.79 Å². The number of thiazole rings is 1. The van der Waals surface area contributed by atoms with Crippen LogP contribution in [-0.4, -0.2) is 35.5 Å². The van der Waals surface area contributed by atoms with Gasteiger partial charge >= 0.3 is 4.87 Å². The fourth-order valence-corrected chi connectivity index (χ4v) is 2.97. The molecule has 1 N–H and O–H groups in total. The van der Waals surface area contributed by atoms with Crippen LogP contribution in [0.1, 0.15) is 5.69 Å². The molecule has 0 saturated carbocycles. The summed E-state index contributed by atoms with van der Waals surface area (Å²) in [7, 11) is 1.85. The maximum Gasteiger partial charge on any atom is 0.307 e. The molecule has 1 heterocycles. The van der Waals surface area contributed by atoms with E-state index in [4.69, 9.17) is 11.6 Å². The molecule has 22 heavy (non-hydrogen) atoms. The number of para-hydroxylation sites is 1. The molecule has 0 aliphatic heterocycles. The summed E-state index contributed by atoms with van der Waals surface area (Å²) in [6.07, 6.45) is 0. The Balaban J connectivity index is 1.84. The predicted octanol–water partition coefficient (Wildman–Crippen LogP) is 2.44. The number of nitrogens with one attached hydrogen (secondary N) is 1.